The molecule has 0 saturated carbocycles. The molecule has 4 rings (SSSR count). The zero-order valence-electron chi connectivity index (χ0n) is 15.1. The van der Waals surface area contributed by atoms with Gasteiger partial charge in [0.05, 0.1) is 11.7 Å². The Morgan fingerprint density at radius 1 is 1.00 bits per heavy atom. The zero-order chi connectivity index (χ0) is 18.6. The van der Waals surface area contributed by atoms with E-state index in [1.54, 1.807) is 12.3 Å². The predicted molar refractivity (Wildman–Crippen MR) is 107 cm³/mol. The summed E-state index contributed by atoms with van der Waals surface area (Å²) in [5.74, 6) is 0. The van der Waals surface area contributed by atoms with Gasteiger partial charge < -0.3 is 9.73 Å². The summed E-state index contributed by atoms with van der Waals surface area (Å²) in [6.45, 7) is 2.51. The first-order chi connectivity index (χ1) is 13.2. The maximum absolute atomic E-state index is 12.0. The van der Waals surface area contributed by atoms with E-state index in [9.17, 15) is 4.79 Å². The topological polar surface area (TPSA) is 55.1 Å². The number of aromatic nitrogens is 1. The van der Waals surface area contributed by atoms with E-state index in [2.05, 4.69) is 22.4 Å². The highest BCUT2D eigenvalue weighted by Gasteiger charge is 2.15. The van der Waals surface area contributed by atoms with Gasteiger partial charge in [-0.15, -0.1) is 0 Å². The van der Waals surface area contributed by atoms with Crippen molar-refractivity contribution in [2.24, 2.45) is 0 Å². The fourth-order valence-electron chi connectivity index (χ4n) is 3.28. The molecule has 27 heavy (non-hydrogen) atoms. The summed E-state index contributed by atoms with van der Waals surface area (Å²) in [6.07, 6.45) is 1.79. The Bertz CT molecular complexity index is 1070. The van der Waals surface area contributed by atoms with Crippen LogP contribution in [0.5, 0.6) is 0 Å². The second-order valence-corrected chi connectivity index (χ2v) is 6.57. The summed E-state index contributed by atoms with van der Waals surface area (Å²) in [5.41, 5.74) is 4.32. The molecule has 2 aromatic heterocycles. The molecule has 0 amide bonds. The summed E-state index contributed by atoms with van der Waals surface area (Å²) in [5, 5.41) is 4.50. The lowest BCUT2D eigenvalue weighted by Gasteiger charge is -2.19. The molecule has 0 radical (unpaired) electrons. The van der Waals surface area contributed by atoms with Gasteiger partial charge in [-0.3, -0.25) is 4.98 Å². The highest BCUT2D eigenvalue weighted by Crippen LogP contribution is 2.23. The van der Waals surface area contributed by atoms with E-state index >= 15 is 0 Å². The lowest BCUT2D eigenvalue weighted by molar-refractivity contribution is 0.551. The average molecular weight is 356 g/mol. The predicted octanol–water partition coefficient (Wildman–Crippen LogP) is 4.38. The van der Waals surface area contributed by atoms with Crippen molar-refractivity contribution < 1.29 is 4.42 Å². The second-order valence-electron chi connectivity index (χ2n) is 6.57. The van der Waals surface area contributed by atoms with Crippen molar-refractivity contribution in [2.75, 3.05) is 0 Å². The Labute approximate surface area is 157 Å². The molecular weight excluding hydrogens is 336 g/mol. The Morgan fingerprint density at radius 2 is 1.81 bits per heavy atom. The van der Waals surface area contributed by atoms with Crippen LogP contribution in [0.2, 0.25) is 0 Å². The minimum absolute atomic E-state index is 0.0693. The van der Waals surface area contributed by atoms with E-state index in [1.807, 2.05) is 61.5 Å². The third-order valence-electron chi connectivity index (χ3n) is 4.60. The summed E-state index contributed by atoms with van der Waals surface area (Å²) in [4.78, 5) is 16.5. The van der Waals surface area contributed by atoms with Crippen LogP contribution in [0.25, 0.3) is 11.0 Å². The van der Waals surface area contributed by atoms with Gasteiger partial charge in [-0.2, -0.15) is 0 Å². The number of hydrogen-bond acceptors (Lipinski definition) is 4. The van der Waals surface area contributed by atoms with E-state index in [1.165, 1.54) is 0 Å². The number of benzene rings is 2. The molecule has 0 aliphatic carbocycles. The van der Waals surface area contributed by atoms with Gasteiger partial charge in [-0.05, 0) is 41.8 Å². The molecule has 2 heterocycles. The van der Waals surface area contributed by atoms with Crippen molar-refractivity contribution in [3.05, 3.63) is 112 Å². The number of fused-ring (bicyclic) bond motifs is 1. The van der Waals surface area contributed by atoms with Gasteiger partial charge in [0.1, 0.15) is 5.58 Å². The maximum atomic E-state index is 12.0. The van der Waals surface area contributed by atoms with Crippen LogP contribution in [0.4, 0.5) is 0 Å². The minimum Gasteiger partial charge on any atom is -0.423 e. The summed E-state index contributed by atoms with van der Waals surface area (Å²) >= 11 is 0. The van der Waals surface area contributed by atoms with Gasteiger partial charge in [0.15, 0.2) is 0 Å². The molecule has 1 unspecified atom stereocenters. The first kappa shape index (κ1) is 17.2. The smallest absolute Gasteiger partial charge is 0.336 e. The Morgan fingerprint density at radius 3 is 2.59 bits per heavy atom. The van der Waals surface area contributed by atoms with E-state index < -0.39 is 0 Å². The third kappa shape index (κ3) is 3.81. The molecule has 0 fully saturated rings. The van der Waals surface area contributed by atoms with Gasteiger partial charge in [0.25, 0.3) is 0 Å². The van der Waals surface area contributed by atoms with Gasteiger partial charge in [-0.1, -0.05) is 48.5 Å². The van der Waals surface area contributed by atoms with Gasteiger partial charge >= 0.3 is 5.63 Å². The van der Waals surface area contributed by atoms with Gasteiger partial charge in [0.2, 0.25) is 0 Å². The van der Waals surface area contributed by atoms with Crippen molar-refractivity contribution in [3.63, 3.8) is 0 Å². The number of hydrogen-bond donors (Lipinski definition) is 1. The molecule has 0 spiro atoms. The van der Waals surface area contributed by atoms with E-state index in [0.717, 1.165) is 27.8 Å². The monoisotopic (exact) mass is 356 g/mol. The molecule has 4 aromatic rings. The van der Waals surface area contributed by atoms with E-state index in [0.29, 0.717) is 12.1 Å². The van der Waals surface area contributed by atoms with Crippen LogP contribution < -0.4 is 10.9 Å². The van der Waals surface area contributed by atoms with Crippen LogP contribution >= 0.6 is 0 Å². The van der Waals surface area contributed by atoms with Gasteiger partial charge in [0, 0.05) is 24.2 Å². The first-order valence-electron chi connectivity index (χ1n) is 8.93. The summed E-state index contributed by atoms with van der Waals surface area (Å²) < 4.78 is 5.36. The number of pyridine rings is 1. The first-order valence-corrected chi connectivity index (χ1v) is 8.93. The molecule has 4 heteroatoms. The maximum Gasteiger partial charge on any atom is 0.336 e. The molecule has 2 aromatic carbocycles. The fraction of sp³-hybridized carbons (Fsp3) is 0.130. The third-order valence-corrected chi connectivity index (χ3v) is 4.60. The number of nitrogens with one attached hydrogen (secondary N) is 1. The molecule has 0 saturated heterocycles. The van der Waals surface area contributed by atoms with Crippen molar-refractivity contribution in [1.29, 1.82) is 0 Å². The van der Waals surface area contributed by atoms with Crippen LogP contribution in [0, 0.1) is 6.92 Å². The molecule has 4 nitrogen and oxygen atoms in total. The Kier molecular flexibility index (Phi) is 4.81. The van der Waals surface area contributed by atoms with E-state index in [-0.39, 0.29) is 11.7 Å². The van der Waals surface area contributed by atoms with Gasteiger partial charge in [-0.25, -0.2) is 4.79 Å². The molecule has 0 aliphatic rings. The highest BCUT2D eigenvalue weighted by atomic mass is 16.4. The van der Waals surface area contributed by atoms with Crippen LogP contribution in [0.3, 0.4) is 0 Å². The average Bonchev–Trinajstić information content (AvgIpc) is 2.69. The summed E-state index contributed by atoms with van der Waals surface area (Å²) in [6, 6.07) is 23.5. The Balaban J connectivity index is 1.69. The van der Waals surface area contributed by atoms with Crippen molar-refractivity contribution in [3.8, 4) is 0 Å². The number of nitrogens with zero attached hydrogens (tertiary/aromatic N) is 1. The number of rotatable bonds is 5. The minimum atomic E-state index is -0.334. The standard InChI is InChI=1S/C23H20N2O2/c1-16-10-11-19-18(14-22(26)27-21(19)13-16)15-25-23(17-7-3-2-4-8-17)20-9-5-6-12-24-20/h2-14,23,25H,15H2,1H3. The van der Waals surface area contributed by atoms with Crippen LogP contribution in [0.15, 0.2) is 88.2 Å². The normalized spacial score (nSPS) is 12.2. The molecule has 1 N–H and O–H groups in total. The second kappa shape index (κ2) is 7.56. The molecule has 1 atom stereocenters. The number of aryl methyl sites for hydroxylation is 1. The fourth-order valence-corrected chi connectivity index (χ4v) is 3.28. The van der Waals surface area contributed by atoms with Crippen molar-refractivity contribution in [1.82, 2.24) is 10.3 Å². The van der Waals surface area contributed by atoms with Crippen molar-refractivity contribution >= 4 is 11.0 Å². The van der Waals surface area contributed by atoms with E-state index in [4.69, 9.17) is 4.42 Å². The van der Waals surface area contributed by atoms with Crippen molar-refractivity contribution in [2.45, 2.75) is 19.5 Å². The highest BCUT2D eigenvalue weighted by molar-refractivity contribution is 5.80. The quantitative estimate of drug-likeness (QED) is 0.539. The largest absolute Gasteiger partial charge is 0.423 e. The lowest BCUT2D eigenvalue weighted by Crippen LogP contribution is -2.23. The lowest BCUT2D eigenvalue weighted by atomic mass is 10.0. The molecular formula is C23H20N2O2. The summed E-state index contributed by atoms with van der Waals surface area (Å²) in [7, 11) is 0. The van der Waals surface area contributed by atoms with Crippen LogP contribution in [0.1, 0.15) is 28.4 Å². The Hall–Kier alpha value is -3.24. The molecule has 0 aliphatic heterocycles. The zero-order valence-corrected chi connectivity index (χ0v) is 15.1. The SMILES string of the molecule is Cc1ccc2c(CNC(c3ccccc3)c3ccccn3)cc(=O)oc2c1. The van der Waals surface area contributed by atoms with Crippen LogP contribution in [-0.2, 0) is 6.54 Å². The molecule has 134 valence electrons. The van der Waals surface area contributed by atoms with Crippen LogP contribution in [-0.4, -0.2) is 4.98 Å². The molecule has 0 bridgehead atoms.